The summed E-state index contributed by atoms with van der Waals surface area (Å²) in [6.45, 7) is 7.85. The molecule has 0 heterocycles. The summed E-state index contributed by atoms with van der Waals surface area (Å²) in [5.41, 5.74) is 0.351. The number of allylic oxidation sites excluding steroid dienone is 2. The van der Waals surface area contributed by atoms with Crippen molar-refractivity contribution in [2.75, 3.05) is 0 Å². The van der Waals surface area contributed by atoms with Gasteiger partial charge in [-0.3, -0.25) is 19.7 Å². The summed E-state index contributed by atoms with van der Waals surface area (Å²) >= 11 is 4.72. The predicted molar refractivity (Wildman–Crippen MR) is 74.1 cm³/mol. The van der Waals surface area contributed by atoms with Crippen molar-refractivity contribution in [2.24, 2.45) is 0 Å². The first kappa shape index (κ1) is 17.0. The molecule has 0 aromatic rings. The maximum absolute atomic E-state index is 11.7. The quantitative estimate of drug-likeness (QED) is 0.244. The van der Waals surface area contributed by atoms with Crippen molar-refractivity contribution in [1.82, 2.24) is 10.6 Å². The highest BCUT2D eigenvalue weighted by Gasteiger charge is 2.23. The van der Waals surface area contributed by atoms with Crippen LogP contribution in [0.1, 0.15) is 20.8 Å². The molecule has 2 N–H and O–H groups in total. The Balaban J connectivity index is 4.57. The van der Waals surface area contributed by atoms with Gasteiger partial charge in [-0.15, -0.1) is 0 Å². The van der Waals surface area contributed by atoms with Gasteiger partial charge in [0.1, 0.15) is 12.0 Å². The van der Waals surface area contributed by atoms with Gasteiger partial charge in [0, 0.05) is 5.57 Å². The number of Topliss-reactive ketones (excluding diaryl/α,β-unsaturated/α-hetero) is 1. The van der Waals surface area contributed by atoms with E-state index in [2.05, 4.69) is 17.2 Å². The fraction of sp³-hybridized carbons (Fsp3) is 0.333. The Bertz CT molecular complexity index is 443. The fourth-order valence-corrected chi connectivity index (χ4v) is 1.15. The number of hydrogen-bond acceptors (Lipinski definition) is 5. The van der Waals surface area contributed by atoms with Gasteiger partial charge in [0.25, 0.3) is 11.7 Å². The van der Waals surface area contributed by atoms with Crippen molar-refractivity contribution in [3.05, 3.63) is 24.1 Å². The molecule has 1 amide bonds. The summed E-state index contributed by atoms with van der Waals surface area (Å²) in [5, 5.41) is 4.60. The fourth-order valence-electron chi connectivity index (χ4n) is 0.973. The van der Waals surface area contributed by atoms with Crippen molar-refractivity contribution in [3.8, 4) is 0 Å². The number of hydrogen-bond donors (Lipinski definition) is 2. The van der Waals surface area contributed by atoms with Crippen LogP contribution >= 0.6 is 12.2 Å². The second-order valence-electron chi connectivity index (χ2n) is 3.61. The molecule has 0 spiro atoms. The summed E-state index contributed by atoms with van der Waals surface area (Å²) < 4.78 is 5.18. The third-order valence-corrected chi connectivity index (χ3v) is 2.36. The Morgan fingerprint density at radius 1 is 1.37 bits per heavy atom. The molecule has 0 aliphatic rings. The van der Waals surface area contributed by atoms with Crippen molar-refractivity contribution in [3.63, 3.8) is 0 Å². The third-order valence-electron chi connectivity index (χ3n) is 2.14. The number of carbonyl (C=O) groups excluding carboxylic acids is 3. The number of ether oxygens (including phenoxy) is 1. The van der Waals surface area contributed by atoms with Gasteiger partial charge in [0.05, 0.1) is 0 Å². The van der Waals surface area contributed by atoms with E-state index in [-0.39, 0.29) is 10.9 Å². The second-order valence-corrected chi connectivity index (χ2v) is 4.02. The van der Waals surface area contributed by atoms with Crippen LogP contribution < -0.4 is 10.6 Å². The summed E-state index contributed by atoms with van der Waals surface area (Å²) in [4.78, 5) is 33.7. The van der Waals surface area contributed by atoms with Gasteiger partial charge in [0.15, 0.2) is 11.2 Å². The van der Waals surface area contributed by atoms with Crippen LogP contribution in [-0.4, -0.2) is 29.2 Å². The van der Waals surface area contributed by atoms with Gasteiger partial charge in [-0.25, -0.2) is 0 Å². The Kier molecular flexibility index (Phi) is 7.28. The topological polar surface area (TPSA) is 84.5 Å². The Morgan fingerprint density at radius 2 is 1.95 bits per heavy atom. The molecule has 6 nitrogen and oxygen atoms in total. The molecular formula is C12H16N2O4S. The van der Waals surface area contributed by atoms with Crippen molar-refractivity contribution >= 4 is 35.3 Å². The maximum Gasteiger partial charge on any atom is 0.297 e. The largest absolute Gasteiger partial charge is 0.487 e. The van der Waals surface area contributed by atoms with E-state index in [1.807, 2.05) is 0 Å². The molecule has 19 heavy (non-hydrogen) atoms. The number of carbonyl (C=O) groups is 3. The monoisotopic (exact) mass is 284 g/mol. The zero-order chi connectivity index (χ0) is 15.0. The first-order valence-corrected chi connectivity index (χ1v) is 5.80. The van der Waals surface area contributed by atoms with Gasteiger partial charge in [-0.05, 0) is 39.2 Å². The van der Waals surface area contributed by atoms with Gasteiger partial charge in [0.2, 0.25) is 0 Å². The number of rotatable bonds is 6. The van der Waals surface area contributed by atoms with E-state index in [9.17, 15) is 14.4 Å². The Labute approximate surface area is 116 Å². The molecule has 0 saturated carbocycles. The van der Waals surface area contributed by atoms with E-state index in [1.54, 1.807) is 6.92 Å². The lowest BCUT2D eigenvalue weighted by atomic mass is 10.2. The lowest BCUT2D eigenvalue weighted by Gasteiger charge is -2.14. The number of thiocarbonyl (C=S) groups is 1. The van der Waals surface area contributed by atoms with Crippen LogP contribution in [-0.2, 0) is 19.1 Å². The first-order chi connectivity index (χ1) is 8.83. The molecule has 0 aliphatic heterocycles. The molecule has 1 unspecified atom stereocenters. The average molecular weight is 284 g/mol. The van der Waals surface area contributed by atoms with Crippen LogP contribution in [0.25, 0.3) is 0 Å². The lowest BCUT2D eigenvalue weighted by Crippen LogP contribution is -2.44. The standard InChI is InChI=1S/C12H16N2O4S/c1-5-13-12(19)14-11(17)10(16)9(4)18-8(3)7(2)6-15/h5-6,9H,1H2,2-4H3,(H2,13,14,17,19)/b8-7+. The molecule has 0 aromatic carbocycles. The molecule has 0 aromatic heterocycles. The molecule has 0 bridgehead atoms. The molecule has 0 radical (unpaired) electrons. The summed E-state index contributed by atoms with van der Waals surface area (Å²) in [7, 11) is 0. The molecule has 0 saturated heterocycles. The minimum atomic E-state index is -1.01. The van der Waals surface area contributed by atoms with E-state index in [0.29, 0.717) is 11.9 Å². The number of aldehydes is 1. The highest BCUT2D eigenvalue weighted by atomic mass is 32.1. The lowest BCUT2D eigenvalue weighted by molar-refractivity contribution is -0.142. The van der Waals surface area contributed by atoms with E-state index in [0.717, 1.165) is 0 Å². The molecular weight excluding hydrogens is 268 g/mol. The minimum absolute atomic E-state index is 0.0307. The summed E-state index contributed by atoms with van der Waals surface area (Å²) in [6.07, 6.45) is 0.865. The number of ketones is 1. The molecule has 0 rings (SSSR count). The number of nitrogens with one attached hydrogen (secondary N) is 2. The van der Waals surface area contributed by atoms with Crippen LogP contribution in [0.2, 0.25) is 0 Å². The summed E-state index contributed by atoms with van der Waals surface area (Å²) in [6, 6.07) is 0. The van der Waals surface area contributed by atoms with E-state index in [4.69, 9.17) is 17.0 Å². The molecule has 1 atom stereocenters. The molecule has 104 valence electrons. The SMILES string of the molecule is C=CNC(=S)NC(=O)C(=O)C(C)O/C(C)=C(\C)C=O. The predicted octanol–water partition coefficient (Wildman–Crippen LogP) is 0.588. The normalized spacial score (nSPS) is 12.6. The van der Waals surface area contributed by atoms with E-state index < -0.39 is 17.8 Å². The molecule has 0 aliphatic carbocycles. The smallest absolute Gasteiger partial charge is 0.297 e. The average Bonchev–Trinajstić information content (AvgIpc) is 2.36. The van der Waals surface area contributed by atoms with Crippen LogP contribution in [0, 0.1) is 0 Å². The van der Waals surface area contributed by atoms with E-state index in [1.165, 1.54) is 20.0 Å². The Morgan fingerprint density at radius 3 is 2.42 bits per heavy atom. The van der Waals surface area contributed by atoms with E-state index >= 15 is 0 Å². The maximum atomic E-state index is 11.7. The van der Waals surface area contributed by atoms with Gasteiger partial charge < -0.3 is 10.1 Å². The molecule has 7 heteroatoms. The van der Waals surface area contributed by atoms with Crippen LogP contribution in [0.4, 0.5) is 0 Å². The molecule has 0 fully saturated rings. The highest BCUT2D eigenvalue weighted by molar-refractivity contribution is 7.80. The minimum Gasteiger partial charge on any atom is -0.487 e. The van der Waals surface area contributed by atoms with Crippen LogP contribution in [0.15, 0.2) is 24.1 Å². The summed E-state index contributed by atoms with van der Waals surface area (Å²) in [5.74, 6) is -1.41. The van der Waals surface area contributed by atoms with Gasteiger partial charge in [-0.1, -0.05) is 6.58 Å². The third kappa shape index (κ3) is 5.91. The zero-order valence-corrected chi connectivity index (χ0v) is 11.8. The number of amides is 1. The zero-order valence-electron chi connectivity index (χ0n) is 11.0. The Hall–Kier alpha value is -2.02. The van der Waals surface area contributed by atoms with Crippen molar-refractivity contribution in [2.45, 2.75) is 26.9 Å². The van der Waals surface area contributed by atoms with Crippen molar-refractivity contribution in [1.29, 1.82) is 0 Å². The second kappa shape index (κ2) is 8.15. The van der Waals surface area contributed by atoms with Gasteiger partial charge in [-0.2, -0.15) is 0 Å². The van der Waals surface area contributed by atoms with Crippen LogP contribution in [0.3, 0.4) is 0 Å². The van der Waals surface area contributed by atoms with Gasteiger partial charge >= 0.3 is 0 Å². The van der Waals surface area contributed by atoms with Crippen LogP contribution in [0.5, 0.6) is 0 Å². The van der Waals surface area contributed by atoms with Crippen molar-refractivity contribution < 1.29 is 19.1 Å². The highest BCUT2D eigenvalue weighted by Crippen LogP contribution is 2.07. The first-order valence-electron chi connectivity index (χ1n) is 5.39.